The highest BCUT2D eigenvalue weighted by Gasteiger charge is 2.25. The molecule has 0 bridgehead atoms. The Balaban J connectivity index is 3.23. The Kier molecular flexibility index (Phi) is 3.67. The van der Waals surface area contributed by atoms with E-state index in [-0.39, 0.29) is 17.9 Å². The predicted octanol–water partition coefficient (Wildman–Crippen LogP) is 0.778. The fourth-order valence-electron chi connectivity index (χ4n) is 1.59. The van der Waals surface area contributed by atoms with Crippen molar-refractivity contribution in [3.05, 3.63) is 23.0 Å². The molecule has 92 valence electrons. The lowest BCUT2D eigenvalue weighted by Gasteiger charge is -2.04. The topological polar surface area (TPSA) is 85.6 Å². The lowest BCUT2D eigenvalue weighted by atomic mass is 10.1. The monoisotopic (exact) mass is 239 g/mol. The summed E-state index contributed by atoms with van der Waals surface area (Å²) < 4.78 is 6.22. The maximum atomic E-state index is 11.6. The summed E-state index contributed by atoms with van der Waals surface area (Å²) in [5.41, 5.74) is 0.512. The molecule has 0 amide bonds. The van der Waals surface area contributed by atoms with Gasteiger partial charge in [-0.05, 0) is 19.4 Å². The van der Waals surface area contributed by atoms with Crippen LogP contribution in [0.5, 0.6) is 0 Å². The second-order valence-electron chi connectivity index (χ2n) is 3.48. The molecule has 0 unspecified atom stereocenters. The first-order valence-corrected chi connectivity index (χ1v) is 5.00. The van der Waals surface area contributed by atoms with Gasteiger partial charge in [-0.25, -0.2) is 9.59 Å². The largest absolute Gasteiger partial charge is 0.475 e. The highest BCUT2D eigenvalue weighted by molar-refractivity contribution is 6.40. The highest BCUT2D eigenvalue weighted by atomic mass is 16.5. The van der Waals surface area contributed by atoms with Crippen LogP contribution in [0, 0.1) is 6.92 Å². The first-order valence-electron chi connectivity index (χ1n) is 5.00. The summed E-state index contributed by atoms with van der Waals surface area (Å²) in [6.07, 6.45) is 1.32. The molecule has 0 radical (unpaired) electrons. The van der Waals surface area contributed by atoms with Crippen molar-refractivity contribution in [2.45, 2.75) is 13.8 Å². The Bertz CT molecular complexity index is 486. The van der Waals surface area contributed by atoms with Crippen molar-refractivity contribution in [3.63, 3.8) is 0 Å². The van der Waals surface area contributed by atoms with E-state index in [0.717, 1.165) is 0 Å². The molecular weight excluding hydrogens is 226 g/mol. The van der Waals surface area contributed by atoms with Crippen molar-refractivity contribution in [1.29, 1.82) is 0 Å². The average molecular weight is 239 g/mol. The standard InChI is InChI=1S/C11H13NO5/c1-4-17-11(16)8-6(2)7(5-12(8)3)9(13)10(14)15/h5H,4H2,1-3H3,(H,14,15). The summed E-state index contributed by atoms with van der Waals surface area (Å²) in [5, 5.41) is 8.63. The number of carboxylic acid groups (broad SMARTS) is 1. The summed E-state index contributed by atoms with van der Waals surface area (Å²) in [5.74, 6) is -3.15. The number of carbonyl (C=O) groups is 3. The van der Waals surface area contributed by atoms with Gasteiger partial charge in [0.1, 0.15) is 5.69 Å². The Morgan fingerprint density at radius 2 is 2.00 bits per heavy atom. The second-order valence-corrected chi connectivity index (χ2v) is 3.48. The Morgan fingerprint density at radius 1 is 1.41 bits per heavy atom. The maximum absolute atomic E-state index is 11.6. The number of aliphatic carboxylic acids is 1. The van der Waals surface area contributed by atoms with Gasteiger partial charge >= 0.3 is 11.9 Å². The van der Waals surface area contributed by atoms with Crippen LogP contribution < -0.4 is 0 Å². The number of carboxylic acids is 1. The van der Waals surface area contributed by atoms with Crippen molar-refractivity contribution in [3.8, 4) is 0 Å². The van der Waals surface area contributed by atoms with Crippen LogP contribution in [0.4, 0.5) is 0 Å². The number of Topliss-reactive ketones (excluding diaryl/α,β-unsaturated/α-hetero) is 1. The van der Waals surface area contributed by atoms with E-state index in [1.807, 2.05) is 0 Å². The normalized spacial score (nSPS) is 10.1. The van der Waals surface area contributed by atoms with E-state index in [1.165, 1.54) is 17.7 Å². The van der Waals surface area contributed by atoms with E-state index in [4.69, 9.17) is 9.84 Å². The van der Waals surface area contributed by atoms with E-state index >= 15 is 0 Å². The van der Waals surface area contributed by atoms with Gasteiger partial charge in [-0.15, -0.1) is 0 Å². The molecule has 0 saturated heterocycles. The number of nitrogens with zero attached hydrogens (tertiary/aromatic N) is 1. The minimum Gasteiger partial charge on any atom is -0.475 e. The minimum absolute atomic E-state index is 0.00283. The molecule has 0 fully saturated rings. The SMILES string of the molecule is CCOC(=O)c1c(C)c(C(=O)C(=O)O)cn1C. The van der Waals surface area contributed by atoms with Crippen LogP contribution in [0.1, 0.15) is 33.3 Å². The van der Waals surface area contributed by atoms with E-state index in [9.17, 15) is 14.4 Å². The molecule has 0 aliphatic rings. The van der Waals surface area contributed by atoms with Gasteiger partial charge in [-0.2, -0.15) is 0 Å². The number of rotatable bonds is 4. The lowest BCUT2D eigenvalue weighted by Crippen LogP contribution is -2.14. The molecule has 0 atom stereocenters. The van der Waals surface area contributed by atoms with E-state index < -0.39 is 17.7 Å². The predicted molar refractivity (Wildman–Crippen MR) is 58.1 cm³/mol. The van der Waals surface area contributed by atoms with E-state index in [0.29, 0.717) is 5.56 Å². The number of carbonyl (C=O) groups excluding carboxylic acids is 2. The van der Waals surface area contributed by atoms with Crippen molar-refractivity contribution >= 4 is 17.7 Å². The molecule has 6 nitrogen and oxygen atoms in total. The van der Waals surface area contributed by atoms with E-state index in [1.54, 1.807) is 14.0 Å². The van der Waals surface area contributed by atoms with Crippen LogP contribution in [0.3, 0.4) is 0 Å². The van der Waals surface area contributed by atoms with Crippen LogP contribution >= 0.6 is 0 Å². The number of esters is 1. The summed E-state index contributed by atoms with van der Waals surface area (Å²) >= 11 is 0. The van der Waals surface area contributed by atoms with Gasteiger partial charge in [-0.1, -0.05) is 0 Å². The molecule has 1 rings (SSSR count). The molecule has 0 aliphatic carbocycles. The molecule has 17 heavy (non-hydrogen) atoms. The average Bonchev–Trinajstić information content (AvgIpc) is 2.53. The van der Waals surface area contributed by atoms with Crippen LogP contribution in [0.2, 0.25) is 0 Å². The zero-order valence-corrected chi connectivity index (χ0v) is 9.81. The molecule has 1 aromatic heterocycles. The van der Waals surface area contributed by atoms with Crippen LogP contribution in [-0.2, 0) is 16.6 Å². The molecule has 1 heterocycles. The number of ketones is 1. The van der Waals surface area contributed by atoms with Gasteiger partial charge in [0.15, 0.2) is 0 Å². The number of aromatic nitrogens is 1. The van der Waals surface area contributed by atoms with Crippen molar-refractivity contribution in [2.24, 2.45) is 7.05 Å². The van der Waals surface area contributed by atoms with Gasteiger partial charge in [0.2, 0.25) is 0 Å². The molecule has 0 aliphatic heterocycles. The van der Waals surface area contributed by atoms with Crippen LogP contribution in [-0.4, -0.2) is 34.0 Å². The number of aryl methyl sites for hydroxylation is 1. The van der Waals surface area contributed by atoms with Gasteiger partial charge in [0.25, 0.3) is 5.78 Å². The molecule has 6 heteroatoms. The zero-order valence-electron chi connectivity index (χ0n) is 9.81. The highest BCUT2D eigenvalue weighted by Crippen LogP contribution is 2.17. The molecule has 0 spiro atoms. The van der Waals surface area contributed by atoms with Crippen molar-refractivity contribution < 1.29 is 24.2 Å². The quantitative estimate of drug-likeness (QED) is 0.476. The Hall–Kier alpha value is -2.11. The molecule has 0 saturated carbocycles. The van der Waals surface area contributed by atoms with Gasteiger partial charge in [0, 0.05) is 13.2 Å². The molecule has 0 aromatic carbocycles. The van der Waals surface area contributed by atoms with Gasteiger partial charge < -0.3 is 14.4 Å². The molecule has 1 aromatic rings. The number of hydrogen-bond acceptors (Lipinski definition) is 4. The summed E-state index contributed by atoms with van der Waals surface area (Å²) in [6, 6.07) is 0. The third-order valence-electron chi connectivity index (χ3n) is 2.34. The summed E-state index contributed by atoms with van der Waals surface area (Å²) in [4.78, 5) is 33.5. The maximum Gasteiger partial charge on any atom is 0.377 e. The molecular formula is C11H13NO5. The number of ether oxygens (including phenoxy) is 1. The fraction of sp³-hybridized carbons (Fsp3) is 0.364. The summed E-state index contributed by atoms with van der Waals surface area (Å²) in [7, 11) is 1.55. The number of hydrogen-bond donors (Lipinski definition) is 1. The Labute approximate surface area is 97.8 Å². The Morgan fingerprint density at radius 3 is 2.47 bits per heavy atom. The van der Waals surface area contributed by atoms with Crippen molar-refractivity contribution in [2.75, 3.05) is 6.61 Å². The third-order valence-corrected chi connectivity index (χ3v) is 2.34. The summed E-state index contributed by atoms with van der Waals surface area (Å²) in [6.45, 7) is 3.40. The molecule has 1 N–H and O–H groups in total. The van der Waals surface area contributed by atoms with E-state index in [2.05, 4.69) is 0 Å². The first-order chi connectivity index (χ1) is 7.90. The smallest absolute Gasteiger partial charge is 0.377 e. The van der Waals surface area contributed by atoms with Crippen molar-refractivity contribution in [1.82, 2.24) is 4.57 Å². The fourth-order valence-corrected chi connectivity index (χ4v) is 1.59. The van der Waals surface area contributed by atoms with Gasteiger partial charge in [0.05, 0.1) is 12.2 Å². The van der Waals surface area contributed by atoms with Crippen LogP contribution in [0.15, 0.2) is 6.20 Å². The second kappa shape index (κ2) is 4.82. The van der Waals surface area contributed by atoms with Crippen LogP contribution in [0.25, 0.3) is 0 Å². The minimum atomic E-state index is -1.55. The van der Waals surface area contributed by atoms with Gasteiger partial charge in [-0.3, -0.25) is 4.79 Å². The first kappa shape index (κ1) is 13.0. The zero-order chi connectivity index (χ0) is 13.2. The third kappa shape index (κ3) is 2.35. The lowest BCUT2D eigenvalue weighted by molar-refractivity contribution is -0.131.